The number of hydrogen-bond acceptors (Lipinski definition) is 4. The van der Waals surface area contributed by atoms with Crippen LogP contribution in [0.1, 0.15) is 35.4 Å². The Morgan fingerprint density at radius 1 is 1.07 bits per heavy atom. The van der Waals surface area contributed by atoms with Gasteiger partial charge >= 0.3 is 0 Å². The van der Waals surface area contributed by atoms with Crippen molar-refractivity contribution in [1.82, 2.24) is 20.0 Å². The summed E-state index contributed by atoms with van der Waals surface area (Å²) in [5.41, 5.74) is 12.3. The number of piperidine rings is 1. The lowest BCUT2D eigenvalue weighted by Crippen LogP contribution is -2.45. The summed E-state index contributed by atoms with van der Waals surface area (Å²) in [6, 6.07) is 15.0. The van der Waals surface area contributed by atoms with Crippen LogP contribution in [0.25, 0.3) is 17.1 Å². The van der Waals surface area contributed by atoms with Crippen LogP contribution >= 0.6 is 11.6 Å². The summed E-state index contributed by atoms with van der Waals surface area (Å²) in [6.45, 7) is 3.62. The third-order valence-electron chi connectivity index (χ3n) is 5.20. The highest BCUT2D eigenvalue weighted by molar-refractivity contribution is 6.33. The highest BCUT2D eigenvalue weighted by Gasteiger charge is 2.24. The van der Waals surface area contributed by atoms with E-state index in [0.717, 1.165) is 42.9 Å². The number of rotatable bonds is 4. The summed E-state index contributed by atoms with van der Waals surface area (Å²) in [5.74, 6) is 0.425. The molecule has 1 aromatic heterocycles. The zero-order valence-corrected chi connectivity index (χ0v) is 17.1. The van der Waals surface area contributed by atoms with Crippen LogP contribution in [0.3, 0.4) is 0 Å². The second kappa shape index (κ2) is 8.27. The van der Waals surface area contributed by atoms with Gasteiger partial charge < -0.3 is 5.73 Å². The third kappa shape index (κ3) is 3.99. The van der Waals surface area contributed by atoms with Crippen LogP contribution in [-0.4, -0.2) is 33.6 Å². The van der Waals surface area contributed by atoms with Crippen molar-refractivity contribution in [2.24, 2.45) is 0 Å². The molecule has 0 bridgehead atoms. The Balaban J connectivity index is 1.79. The van der Waals surface area contributed by atoms with Crippen molar-refractivity contribution in [3.05, 3.63) is 64.9 Å². The number of nitrogens with one attached hydrogen (secondary N) is 1. The van der Waals surface area contributed by atoms with E-state index in [2.05, 4.69) is 5.43 Å². The summed E-state index contributed by atoms with van der Waals surface area (Å²) in [7, 11) is 0. The number of aromatic nitrogens is 2. The quantitative estimate of drug-likeness (QED) is 0.633. The largest absolute Gasteiger partial charge is 0.399 e. The molecule has 3 N–H and O–H groups in total. The Morgan fingerprint density at radius 2 is 1.76 bits per heavy atom. The van der Waals surface area contributed by atoms with E-state index in [-0.39, 0.29) is 5.91 Å². The zero-order valence-electron chi connectivity index (χ0n) is 16.4. The topological polar surface area (TPSA) is 76.2 Å². The van der Waals surface area contributed by atoms with E-state index in [0.29, 0.717) is 22.2 Å². The number of benzene rings is 2. The maximum Gasteiger partial charge on any atom is 0.286 e. The van der Waals surface area contributed by atoms with E-state index in [4.69, 9.17) is 22.3 Å². The van der Waals surface area contributed by atoms with Crippen LogP contribution in [0.4, 0.5) is 5.69 Å². The molecule has 0 spiro atoms. The van der Waals surface area contributed by atoms with Crippen LogP contribution in [0, 0.1) is 6.92 Å². The summed E-state index contributed by atoms with van der Waals surface area (Å²) in [6.07, 6.45) is 3.38. The number of anilines is 1. The molecule has 0 radical (unpaired) electrons. The molecule has 0 atom stereocenters. The van der Waals surface area contributed by atoms with E-state index >= 15 is 0 Å². The Labute approximate surface area is 175 Å². The minimum atomic E-state index is -0.202. The molecule has 0 saturated carbocycles. The van der Waals surface area contributed by atoms with Crippen molar-refractivity contribution in [2.75, 3.05) is 18.8 Å². The molecule has 1 amide bonds. The molecule has 2 aromatic carbocycles. The van der Waals surface area contributed by atoms with Crippen LogP contribution < -0.4 is 11.2 Å². The van der Waals surface area contributed by atoms with Gasteiger partial charge in [-0.05, 0) is 56.2 Å². The van der Waals surface area contributed by atoms with Gasteiger partial charge in [0.1, 0.15) is 5.82 Å². The van der Waals surface area contributed by atoms with Gasteiger partial charge in [-0.2, -0.15) is 0 Å². The lowest BCUT2D eigenvalue weighted by atomic mass is 10.2. The number of imidazole rings is 1. The van der Waals surface area contributed by atoms with Gasteiger partial charge in [-0.3, -0.25) is 14.8 Å². The maximum absolute atomic E-state index is 13.0. The minimum absolute atomic E-state index is 0.202. The average molecular weight is 410 g/mol. The van der Waals surface area contributed by atoms with Crippen molar-refractivity contribution in [2.45, 2.75) is 26.2 Å². The molecule has 6 nitrogen and oxygen atoms in total. The SMILES string of the molecule is Cc1c(C(=O)NN2CCCCC2)nc(-c2ccccc2Cl)n1-c1ccc(N)cc1. The molecule has 2 heterocycles. The number of nitrogens with zero attached hydrogens (tertiary/aromatic N) is 3. The first-order chi connectivity index (χ1) is 14.0. The average Bonchev–Trinajstić information content (AvgIpc) is 3.07. The van der Waals surface area contributed by atoms with Crippen LogP contribution in [0.15, 0.2) is 48.5 Å². The zero-order chi connectivity index (χ0) is 20.4. The summed E-state index contributed by atoms with van der Waals surface area (Å²) in [5, 5.41) is 2.56. The number of carbonyl (C=O) groups excluding carboxylic acids is 1. The molecule has 1 saturated heterocycles. The molecular formula is C22H24ClN5O. The first-order valence-electron chi connectivity index (χ1n) is 9.80. The lowest BCUT2D eigenvalue weighted by Gasteiger charge is -2.26. The van der Waals surface area contributed by atoms with Crippen molar-refractivity contribution >= 4 is 23.2 Å². The standard InChI is InChI=1S/C22H24ClN5O/c1-15-20(22(29)26-27-13-5-2-6-14-27)25-21(18-7-3-4-8-19(18)23)28(15)17-11-9-16(24)10-12-17/h3-4,7-12H,2,5-6,13-14,24H2,1H3,(H,26,29). The predicted octanol–water partition coefficient (Wildman–Crippen LogP) is 4.21. The van der Waals surface area contributed by atoms with Crippen molar-refractivity contribution in [3.63, 3.8) is 0 Å². The summed E-state index contributed by atoms with van der Waals surface area (Å²) in [4.78, 5) is 17.7. The Morgan fingerprint density at radius 3 is 2.45 bits per heavy atom. The molecule has 0 aliphatic carbocycles. The molecule has 1 aliphatic rings. The van der Waals surface area contributed by atoms with E-state index < -0.39 is 0 Å². The van der Waals surface area contributed by atoms with Gasteiger partial charge in [-0.15, -0.1) is 0 Å². The number of nitrogen functional groups attached to an aromatic ring is 1. The van der Waals surface area contributed by atoms with Crippen molar-refractivity contribution < 1.29 is 4.79 Å². The second-order valence-corrected chi connectivity index (χ2v) is 7.67. The van der Waals surface area contributed by atoms with Gasteiger partial charge in [0, 0.05) is 30.0 Å². The van der Waals surface area contributed by atoms with Crippen molar-refractivity contribution in [3.8, 4) is 17.1 Å². The van der Waals surface area contributed by atoms with Crippen LogP contribution in [-0.2, 0) is 0 Å². The Kier molecular flexibility index (Phi) is 5.56. The molecule has 0 unspecified atom stereocenters. The monoisotopic (exact) mass is 409 g/mol. The van der Waals surface area contributed by atoms with Gasteiger partial charge in [-0.25, -0.2) is 9.99 Å². The fourth-order valence-electron chi connectivity index (χ4n) is 3.68. The predicted molar refractivity (Wildman–Crippen MR) is 116 cm³/mol. The second-order valence-electron chi connectivity index (χ2n) is 7.26. The molecule has 7 heteroatoms. The fraction of sp³-hybridized carbons (Fsp3) is 0.273. The summed E-state index contributed by atoms with van der Waals surface area (Å²) < 4.78 is 1.95. The van der Waals surface area contributed by atoms with E-state index in [1.165, 1.54) is 6.42 Å². The first kappa shape index (κ1) is 19.5. The fourth-order valence-corrected chi connectivity index (χ4v) is 3.90. The van der Waals surface area contributed by atoms with E-state index in [1.54, 1.807) is 0 Å². The molecule has 3 aromatic rings. The number of carbonyl (C=O) groups is 1. The smallest absolute Gasteiger partial charge is 0.286 e. The molecule has 1 aliphatic heterocycles. The molecular weight excluding hydrogens is 386 g/mol. The normalized spacial score (nSPS) is 14.7. The molecule has 150 valence electrons. The molecule has 1 fully saturated rings. The highest BCUT2D eigenvalue weighted by Crippen LogP contribution is 2.31. The first-order valence-corrected chi connectivity index (χ1v) is 10.2. The van der Waals surface area contributed by atoms with Crippen molar-refractivity contribution in [1.29, 1.82) is 0 Å². The van der Waals surface area contributed by atoms with Crippen LogP contribution in [0.2, 0.25) is 5.02 Å². The minimum Gasteiger partial charge on any atom is -0.399 e. The van der Waals surface area contributed by atoms with Crippen LogP contribution in [0.5, 0.6) is 0 Å². The van der Waals surface area contributed by atoms with E-state index in [9.17, 15) is 4.79 Å². The molecule has 4 rings (SSSR count). The molecule has 29 heavy (non-hydrogen) atoms. The Hall–Kier alpha value is -2.83. The highest BCUT2D eigenvalue weighted by atomic mass is 35.5. The summed E-state index contributed by atoms with van der Waals surface area (Å²) >= 11 is 6.46. The number of hydrazine groups is 1. The van der Waals surface area contributed by atoms with Gasteiger partial charge in [-0.1, -0.05) is 30.2 Å². The van der Waals surface area contributed by atoms with E-state index in [1.807, 2.05) is 65.0 Å². The van der Waals surface area contributed by atoms with Gasteiger partial charge in [0.05, 0.1) is 10.7 Å². The number of hydrogen-bond donors (Lipinski definition) is 2. The number of amides is 1. The maximum atomic E-state index is 13.0. The number of nitrogens with two attached hydrogens (primary N) is 1. The number of halogens is 1. The Bertz CT molecular complexity index is 1020. The third-order valence-corrected chi connectivity index (χ3v) is 5.53. The van der Waals surface area contributed by atoms with Gasteiger partial charge in [0.2, 0.25) is 0 Å². The van der Waals surface area contributed by atoms with Gasteiger partial charge in [0.25, 0.3) is 5.91 Å². The van der Waals surface area contributed by atoms with Gasteiger partial charge in [0.15, 0.2) is 5.69 Å². The lowest BCUT2D eigenvalue weighted by molar-refractivity contribution is 0.0744.